The Morgan fingerprint density at radius 3 is 2.27 bits per heavy atom. The van der Waals surface area contributed by atoms with E-state index in [9.17, 15) is 0 Å². The summed E-state index contributed by atoms with van der Waals surface area (Å²) in [5.41, 5.74) is 1.08. The third kappa shape index (κ3) is 4.88. The molecule has 0 amide bonds. The van der Waals surface area contributed by atoms with E-state index in [0.717, 1.165) is 5.70 Å². The molecule has 0 fully saturated rings. The van der Waals surface area contributed by atoms with Crippen LogP contribution < -0.4 is 5.32 Å². The highest BCUT2D eigenvalue weighted by Gasteiger charge is 2.10. The van der Waals surface area contributed by atoms with Crippen molar-refractivity contribution in [2.45, 2.75) is 46.6 Å². The first kappa shape index (κ1) is 10.5. The van der Waals surface area contributed by atoms with E-state index in [-0.39, 0.29) is 0 Å². The molecular weight excluding hydrogens is 134 g/mol. The molecule has 0 rings (SSSR count). The van der Waals surface area contributed by atoms with Crippen molar-refractivity contribution >= 4 is 0 Å². The molecule has 1 atom stereocenters. The van der Waals surface area contributed by atoms with Crippen LogP contribution in [0.15, 0.2) is 12.3 Å². The Labute approximate surface area is 70.9 Å². The molecule has 0 saturated heterocycles. The van der Waals surface area contributed by atoms with Gasteiger partial charge in [0.15, 0.2) is 0 Å². The number of hydrogen-bond donors (Lipinski definition) is 1. The minimum absolute atomic E-state index is 0.609. The van der Waals surface area contributed by atoms with Gasteiger partial charge in [-0.15, -0.1) is 0 Å². The third-order valence-electron chi connectivity index (χ3n) is 1.84. The maximum atomic E-state index is 3.85. The third-order valence-corrected chi connectivity index (χ3v) is 1.84. The van der Waals surface area contributed by atoms with E-state index < -0.39 is 0 Å². The minimum Gasteiger partial charge on any atom is -0.386 e. The van der Waals surface area contributed by atoms with E-state index >= 15 is 0 Å². The van der Waals surface area contributed by atoms with Crippen molar-refractivity contribution in [1.29, 1.82) is 0 Å². The average Bonchev–Trinajstić information content (AvgIpc) is 1.86. The standard InChI is InChI=1S/C10H21N/c1-6-7-10(8(2)3)11-9(4)5/h8,10-11H,4,6-7H2,1-3,5H3. The van der Waals surface area contributed by atoms with Crippen molar-refractivity contribution in [3.63, 3.8) is 0 Å². The van der Waals surface area contributed by atoms with E-state index in [1.807, 2.05) is 6.92 Å². The van der Waals surface area contributed by atoms with Crippen molar-refractivity contribution < 1.29 is 0 Å². The number of nitrogens with one attached hydrogen (secondary N) is 1. The summed E-state index contributed by atoms with van der Waals surface area (Å²) in [5, 5.41) is 3.39. The lowest BCUT2D eigenvalue weighted by molar-refractivity contribution is 0.402. The zero-order chi connectivity index (χ0) is 8.85. The molecule has 0 aromatic carbocycles. The molecular formula is C10H21N. The molecule has 1 unspecified atom stereocenters. The lowest BCUT2D eigenvalue weighted by Gasteiger charge is -2.22. The molecule has 66 valence electrons. The summed E-state index contributed by atoms with van der Waals surface area (Å²) in [6.07, 6.45) is 2.48. The zero-order valence-electron chi connectivity index (χ0n) is 8.28. The highest BCUT2D eigenvalue weighted by molar-refractivity contribution is 4.89. The van der Waals surface area contributed by atoms with Crippen molar-refractivity contribution in [2.75, 3.05) is 0 Å². The summed E-state index contributed by atoms with van der Waals surface area (Å²) in [6.45, 7) is 12.6. The molecule has 1 N–H and O–H groups in total. The van der Waals surface area contributed by atoms with Gasteiger partial charge in [0.05, 0.1) is 0 Å². The SMILES string of the molecule is C=C(C)NC(CCC)C(C)C. The van der Waals surface area contributed by atoms with Gasteiger partial charge in [-0.3, -0.25) is 0 Å². The Bertz CT molecular complexity index is 116. The van der Waals surface area contributed by atoms with Crippen LogP contribution in [-0.2, 0) is 0 Å². The summed E-state index contributed by atoms with van der Waals surface area (Å²) < 4.78 is 0. The van der Waals surface area contributed by atoms with E-state index in [0.29, 0.717) is 12.0 Å². The fourth-order valence-corrected chi connectivity index (χ4v) is 1.20. The monoisotopic (exact) mass is 155 g/mol. The molecule has 0 heterocycles. The minimum atomic E-state index is 0.609. The van der Waals surface area contributed by atoms with Crippen LogP contribution in [0.1, 0.15) is 40.5 Å². The van der Waals surface area contributed by atoms with Gasteiger partial charge >= 0.3 is 0 Å². The van der Waals surface area contributed by atoms with Crippen molar-refractivity contribution in [1.82, 2.24) is 5.32 Å². The molecule has 0 aromatic rings. The van der Waals surface area contributed by atoms with E-state index in [2.05, 4.69) is 32.7 Å². The quantitative estimate of drug-likeness (QED) is 0.643. The van der Waals surface area contributed by atoms with Gasteiger partial charge in [-0.1, -0.05) is 33.8 Å². The molecule has 1 heteroatoms. The second-order valence-corrected chi connectivity index (χ2v) is 3.56. The Hall–Kier alpha value is -0.460. The van der Waals surface area contributed by atoms with Crippen LogP contribution in [0.2, 0.25) is 0 Å². The smallest absolute Gasteiger partial charge is 0.0280 e. The van der Waals surface area contributed by atoms with Crippen LogP contribution in [0.4, 0.5) is 0 Å². The van der Waals surface area contributed by atoms with Crippen LogP contribution in [0.25, 0.3) is 0 Å². The van der Waals surface area contributed by atoms with Crippen molar-refractivity contribution in [3.05, 3.63) is 12.3 Å². The van der Waals surface area contributed by atoms with Crippen LogP contribution in [-0.4, -0.2) is 6.04 Å². The molecule has 0 radical (unpaired) electrons. The molecule has 0 aliphatic rings. The van der Waals surface area contributed by atoms with Gasteiger partial charge in [0, 0.05) is 11.7 Å². The average molecular weight is 155 g/mol. The van der Waals surface area contributed by atoms with Gasteiger partial charge in [-0.05, 0) is 19.3 Å². The maximum absolute atomic E-state index is 3.85. The molecule has 0 aliphatic heterocycles. The first-order valence-electron chi connectivity index (χ1n) is 4.50. The largest absolute Gasteiger partial charge is 0.386 e. The van der Waals surface area contributed by atoms with Gasteiger partial charge in [0.1, 0.15) is 0 Å². The van der Waals surface area contributed by atoms with Crippen molar-refractivity contribution in [2.24, 2.45) is 5.92 Å². The number of rotatable bonds is 5. The predicted octanol–water partition coefficient (Wildman–Crippen LogP) is 2.93. The van der Waals surface area contributed by atoms with Crippen LogP contribution >= 0.6 is 0 Å². The maximum Gasteiger partial charge on any atom is 0.0280 e. The van der Waals surface area contributed by atoms with Crippen molar-refractivity contribution in [3.8, 4) is 0 Å². The van der Waals surface area contributed by atoms with E-state index in [4.69, 9.17) is 0 Å². The molecule has 0 bridgehead atoms. The fourth-order valence-electron chi connectivity index (χ4n) is 1.20. The second kappa shape index (κ2) is 5.22. The summed E-state index contributed by atoms with van der Waals surface area (Å²) >= 11 is 0. The predicted molar refractivity (Wildman–Crippen MR) is 51.5 cm³/mol. The number of allylic oxidation sites excluding steroid dienone is 1. The van der Waals surface area contributed by atoms with Gasteiger partial charge in [0.25, 0.3) is 0 Å². The molecule has 1 nitrogen and oxygen atoms in total. The molecule has 11 heavy (non-hydrogen) atoms. The van der Waals surface area contributed by atoms with Gasteiger partial charge < -0.3 is 5.32 Å². The molecule has 0 aromatic heterocycles. The van der Waals surface area contributed by atoms with Crippen LogP contribution in [0.3, 0.4) is 0 Å². The Morgan fingerprint density at radius 1 is 1.45 bits per heavy atom. The summed E-state index contributed by atoms with van der Waals surface area (Å²) in [5.74, 6) is 0.701. The molecule has 0 saturated carbocycles. The fraction of sp³-hybridized carbons (Fsp3) is 0.800. The van der Waals surface area contributed by atoms with Gasteiger partial charge in [-0.2, -0.15) is 0 Å². The van der Waals surface area contributed by atoms with Crippen LogP contribution in [0, 0.1) is 5.92 Å². The summed E-state index contributed by atoms with van der Waals surface area (Å²) in [4.78, 5) is 0. The first-order valence-corrected chi connectivity index (χ1v) is 4.50. The Kier molecular flexibility index (Phi) is 5.01. The Balaban J connectivity index is 3.79. The zero-order valence-corrected chi connectivity index (χ0v) is 8.28. The lowest BCUT2D eigenvalue weighted by atomic mass is 9.99. The topological polar surface area (TPSA) is 12.0 Å². The van der Waals surface area contributed by atoms with Crippen LogP contribution in [0.5, 0.6) is 0 Å². The molecule has 0 aliphatic carbocycles. The second-order valence-electron chi connectivity index (χ2n) is 3.56. The summed E-state index contributed by atoms with van der Waals surface area (Å²) in [6, 6.07) is 0.609. The van der Waals surface area contributed by atoms with E-state index in [1.165, 1.54) is 12.8 Å². The molecule has 0 spiro atoms. The van der Waals surface area contributed by atoms with Gasteiger partial charge in [0.2, 0.25) is 0 Å². The highest BCUT2D eigenvalue weighted by Crippen LogP contribution is 2.09. The first-order chi connectivity index (χ1) is 5.07. The van der Waals surface area contributed by atoms with Gasteiger partial charge in [-0.25, -0.2) is 0 Å². The number of hydrogen-bond acceptors (Lipinski definition) is 1. The summed E-state index contributed by atoms with van der Waals surface area (Å²) in [7, 11) is 0. The van der Waals surface area contributed by atoms with E-state index in [1.54, 1.807) is 0 Å². The lowest BCUT2D eigenvalue weighted by Crippen LogP contribution is -2.31. The normalized spacial score (nSPS) is 13.2. The Morgan fingerprint density at radius 2 is 2.00 bits per heavy atom. The highest BCUT2D eigenvalue weighted by atomic mass is 14.9.